The molecule has 0 aliphatic carbocycles. The average Bonchev–Trinajstić information content (AvgIpc) is 2.36. The first-order valence-electron chi connectivity index (χ1n) is 6.66. The summed E-state index contributed by atoms with van der Waals surface area (Å²) in [5.74, 6) is -0.662. The lowest BCUT2D eigenvalue weighted by Gasteiger charge is -2.22. The van der Waals surface area contributed by atoms with Crippen LogP contribution in [-0.4, -0.2) is 17.4 Å². The zero-order valence-corrected chi connectivity index (χ0v) is 13.5. The topological polar surface area (TPSA) is 72.2 Å². The van der Waals surface area contributed by atoms with Gasteiger partial charge in [0, 0.05) is 10.9 Å². The molecule has 110 valence electrons. The lowest BCUT2D eigenvalue weighted by molar-refractivity contribution is -0.130. The standard InChI is InChI=1S/C15H21BrN2O2/c1-15(2,14(17)20)18-13(19)6-4-3-5-11-7-9-12(16)10-8-11/h7-10H,3-6H2,1-2H3,(H2,17,20)(H,18,19). The summed E-state index contributed by atoms with van der Waals surface area (Å²) in [7, 11) is 0. The summed E-state index contributed by atoms with van der Waals surface area (Å²) in [4.78, 5) is 22.8. The number of hydrogen-bond donors (Lipinski definition) is 2. The number of nitrogens with one attached hydrogen (secondary N) is 1. The molecule has 0 atom stereocenters. The van der Waals surface area contributed by atoms with Crippen LogP contribution in [0.1, 0.15) is 38.7 Å². The third-order valence-corrected chi connectivity index (χ3v) is 3.63. The Morgan fingerprint density at radius 1 is 1.20 bits per heavy atom. The largest absolute Gasteiger partial charge is 0.368 e. The summed E-state index contributed by atoms with van der Waals surface area (Å²) in [6.07, 6.45) is 3.08. The van der Waals surface area contributed by atoms with Crippen molar-refractivity contribution in [3.8, 4) is 0 Å². The molecule has 0 bridgehead atoms. The van der Waals surface area contributed by atoms with E-state index in [2.05, 4.69) is 33.4 Å². The number of primary amides is 1. The summed E-state index contributed by atoms with van der Waals surface area (Å²) in [6.45, 7) is 3.21. The molecule has 20 heavy (non-hydrogen) atoms. The average molecular weight is 341 g/mol. The Bertz CT molecular complexity index is 469. The fourth-order valence-electron chi connectivity index (χ4n) is 1.74. The molecule has 0 spiro atoms. The maximum absolute atomic E-state index is 11.7. The zero-order chi connectivity index (χ0) is 15.2. The second kappa shape index (κ2) is 7.43. The molecule has 0 aliphatic heterocycles. The smallest absolute Gasteiger partial charge is 0.242 e. The van der Waals surface area contributed by atoms with Gasteiger partial charge in [-0.05, 0) is 50.8 Å². The first-order chi connectivity index (χ1) is 9.31. The van der Waals surface area contributed by atoms with Crippen molar-refractivity contribution < 1.29 is 9.59 Å². The molecular formula is C15H21BrN2O2. The monoisotopic (exact) mass is 340 g/mol. The minimum absolute atomic E-state index is 0.135. The number of carbonyl (C=O) groups is 2. The number of unbranched alkanes of at least 4 members (excludes halogenated alkanes) is 1. The van der Waals surface area contributed by atoms with E-state index in [1.807, 2.05) is 12.1 Å². The van der Waals surface area contributed by atoms with Crippen LogP contribution in [0.15, 0.2) is 28.7 Å². The predicted octanol–water partition coefficient (Wildman–Crippen LogP) is 2.54. The van der Waals surface area contributed by atoms with Gasteiger partial charge in [-0.25, -0.2) is 0 Å². The number of nitrogens with two attached hydrogens (primary N) is 1. The first kappa shape index (κ1) is 16.7. The van der Waals surface area contributed by atoms with Crippen LogP contribution in [0.25, 0.3) is 0 Å². The quantitative estimate of drug-likeness (QED) is 0.748. The molecule has 4 nitrogen and oxygen atoms in total. The van der Waals surface area contributed by atoms with Crippen LogP contribution in [-0.2, 0) is 16.0 Å². The Morgan fingerprint density at radius 3 is 2.35 bits per heavy atom. The van der Waals surface area contributed by atoms with E-state index in [1.165, 1.54) is 5.56 Å². The highest BCUT2D eigenvalue weighted by Gasteiger charge is 2.26. The minimum atomic E-state index is -0.983. The third kappa shape index (κ3) is 5.74. The zero-order valence-electron chi connectivity index (χ0n) is 11.9. The second-order valence-electron chi connectivity index (χ2n) is 5.37. The number of rotatable bonds is 7. The van der Waals surface area contributed by atoms with Gasteiger partial charge in [-0.3, -0.25) is 9.59 Å². The van der Waals surface area contributed by atoms with Crippen LogP contribution in [0.2, 0.25) is 0 Å². The lowest BCUT2D eigenvalue weighted by Crippen LogP contribution is -2.52. The van der Waals surface area contributed by atoms with Crippen LogP contribution in [0.5, 0.6) is 0 Å². The van der Waals surface area contributed by atoms with Crippen molar-refractivity contribution >= 4 is 27.7 Å². The molecule has 1 rings (SSSR count). The minimum Gasteiger partial charge on any atom is -0.368 e. The fraction of sp³-hybridized carbons (Fsp3) is 0.467. The van der Waals surface area contributed by atoms with E-state index < -0.39 is 11.4 Å². The number of carbonyl (C=O) groups excluding carboxylic acids is 2. The number of halogens is 1. The van der Waals surface area contributed by atoms with Crippen molar-refractivity contribution in [2.45, 2.75) is 45.1 Å². The van der Waals surface area contributed by atoms with Crippen LogP contribution in [0.3, 0.4) is 0 Å². The summed E-state index contributed by atoms with van der Waals surface area (Å²) < 4.78 is 1.06. The van der Waals surface area contributed by atoms with Crippen LogP contribution < -0.4 is 11.1 Å². The lowest BCUT2D eigenvalue weighted by atomic mass is 10.0. The van der Waals surface area contributed by atoms with Gasteiger partial charge in [0.1, 0.15) is 5.54 Å². The van der Waals surface area contributed by atoms with Gasteiger partial charge in [-0.1, -0.05) is 28.1 Å². The maximum atomic E-state index is 11.7. The SMILES string of the molecule is CC(C)(NC(=O)CCCCc1ccc(Br)cc1)C(N)=O. The highest BCUT2D eigenvalue weighted by molar-refractivity contribution is 9.10. The van der Waals surface area contributed by atoms with Crippen molar-refractivity contribution in [2.75, 3.05) is 0 Å². The third-order valence-electron chi connectivity index (χ3n) is 3.10. The molecule has 0 saturated carbocycles. The van der Waals surface area contributed by atoms with E-state index in [1.54, 1.807) is 13.8 Å². The molecule has 3 N–H and O–H groups in total. The molecule has 0 radical (unpaired) electrons. The molecule has 0 fully saturated rings. The highest BCUT2D eigenvalue weighted by atomic mass is 79.9. The Hall–Kier alpha value is -1.36. The van der Waals surface area contributed by atoms with Crippen molar-refractivity contribution in [2.24, 2.45) is 5.73 Å². The van der Waals surface area contributed by atoms with Crippen molar-refractivity contribution in [3.63, 3.8) is 0 Å². The van der Waals surface area contributed by atoms with E-state index >= 15 is 0 Å². The Kier molecular flexibility index (Phi) is 6.20. The number of amides is 2. The van der Waals surface area contributed by atoms with Gasteiger partial charge in [-0.2, -0.15) is 0 Å². The van der Waals surface area contributed by atoms with Gasteiger partial charge in [0.15, 0.2) is 0 Å². The Labute approximate surface area is 128 Å². The summed E-state index contributed by atoms with van der Waals surface area (Å²) in [5, 5.41) is 2.64. The van der Waals surface area contributed by atoms with Crippen molar-refractivity contribution in [1.29, 1.82) is 0 Å². The van der Waals surface area contributed by atoms with Crippen LogP contribution in [0, 0.1) is 0 Å². The summed E-state index contributed by atoms with van der Waals surface area (Å²) in [5.41, 5.74) is 5.48. The van der Waals surface area contributed by atoms with Gasteiger partial charge in [0.05, 0.1) is 0 Å². The van der Waals surface area contributed by atoms with E-state index in [0.717, 1.165) is 23.7 Å². The summed E-state index contributed by atoms with van der Waals surface area (Å²) in [6, 6.07) is 8.16. The molecule has 0 heterocycles. The molecule has 2 amide bonds. The van der Waals surface area contributed by atoms with Gasteiger partial charge in [-0.15, -0.1) is 0 Å². The number of benzene rings is 1. The Morgan fingerprint density at radius 2 is 1.80 bits per heavy atom. The molecule has 0 unspecified atom stereocenters. The van der Waals surface area contributed by atoms with Gasteiger partial charge in [0.25, 0.3) is 0 Å². The molecule has 0 saturated heterocycles. The highest BCUT2D eigenvalue weighted by Crippen LogP contribution is 2.13. The second-order valence-corrected chi connectivity index (χ2v) is 6.29. The van der Waals surface area contributed by atoms with Crippen molar-refractivity contribution in [3.05, 3.63) is 34.3 Å². The summed E-state index contributed by atoms with van der Waals surface area (Å²) >= 11 is 3.40. The van der Waals surface area contributed by atoms with Gasteiger partial charge < -0.3 is 11.1 Å². The number of aryl methyl sites for hydroxylation is 1. The van der Waals surface area contributed by atoms with Gasteiger partial charge in [0.2, 0.25) is 11.8 Å². The normalized spacial score (nSPS) is 11.2. The van der Waals surface area contributed by atoms with E-state index in [-0.39, 0.29) is 5.91 Å². The molecule has 5 heteroatoms. The van der Waals surface area contributed by atoms with E-state index in [9.17, 15) is 9.59 Å². The van der Waals surface area contributed by atoms with E-state index in [4.69, 9.17) is 5.73 Å². The van der Waals surface area contributed by atoms with Crippen molar-refractivity contribution in [1.82, 2.24) is 5.32 Å². The van der Waals surface area contributed by atoms with Crippen LogP contribution in [0.4, 0.5) is 0 Å². The molecule has 1 aromatic rings. The predicted molar refractivity (Wildman–Crippen MR) is 83.1 cm³/mol. The number of hydrogen-bond acceptors (Lipinski definition) is 2. The maximum Gasteiger partial charge on any atom is 0.242 e. The first-order valence-corrected chi connectivity index (χ1v) is 7.46. The van der Waals surface area contributed by atoms with Gasteiger partial charge >= 0.3 is 0 Å². The van der Waals surface area contributed by atoms with E-state index in [0.29, 0.717) is 6.42 Å². The molecule has 0 aliphatic rings. The molecular weight excluding hydrogens is 320 g/mol. The Balaban J connectivity index is 2.26. The fourth-order valence-corrected chi connectivity index (χ4v) is 2.00. The van der Waals surface area contributed by atoms with Crippen LogP contribution >= 0.6 is 15.9 Å². The molecule has 0 aromatic heterocycles. The molecule has 1 aromatic carbocycles.